The second-order valence-electron chi connectivity index (χ2n) is 10.7. The van der Waals surface area contributed by atoms with E-state index in [1.54, 1.807) is 34.1 Å². The Hall–Kier alpha value is -2.50. The van der Waals surface area contributed by atoms with Gasteiger partial charge in [0, 0.05) is 36.1 Å². The van der Waals surface area contributed by atoms with Gasteiger partial charge in [-0.25, -0.2) is 0 Å². The van der Waals surface area contributed by atoms with E-state index in [2.05, 4.69) is 0 Å². The molecule has 4 aliphatic rings. The summed E-state index contributed by atoms with van der Waals surface area (Å²) in [7, 11) is 0. The van der Waals surface area contributed by atoms with E-state index in [1.807, 2.05) is 0 Å². The summed E-state index contributed by atoms with van der Waals surface area (Å²) >= 11 is 0. The smallest absolute Gasteiger partial charge is 0.254 e. The number of likely N-dealkylation sites (tertiary alicyclic amines) is 2. The first-order valence-corrected chi connectivity index (χ1v) is 13.3. The van der Waals surface area contributed by atoms with Crippen LogP contribution in [0.4, 0.5) is 0 Å². The van der Waals surface area contributed by atoms with Crippen molar-refractivity contribution >= 4 is 23.4 Å². The second-order valence-corrected chi connectivity index (χ2v) is 10.7. The number of carbonyl (C=O) groups is 4. The molecule has 0 bridgehead atoms. The molecule has 6 nitrogen and oxygen atoms in total. The highest BCUT2D eigenvalue weighted by molar-refractivity contribution is 6.03. The Labute approximate surface area is 202 Å². The Morgan fingerprint density at radius 2 is 1.00 bits per heavy atom. The molecule has 2 heterocycles. The summed E-state index contributed by atoms with van der Waals surface area (Å²) in [5.41, 5.74) is 0.907. The Morgan fingerprint density at radius 3 is 1.41 bits per heavy atom. The van der Waals surface area contributed by atoms with Gasteiger partial charge in [-0.1, -0.05) is 31.7 Å². The number of carbonyl (C=O) groups excluding carboxylic acids is 4. The van der Waals surface area contributed by atoms with Crippen LogP contribution < -0.4 is 0 Å². The second kappa shape index (κ2) is 10.0. The summed E-state index contributed by atoms with van der Waals surface area (Å²) in [6.07, 6.45) is 11.3. The highest BCUT2D eigenvalue weighted by Crippen LogP contribution is 2.33. The largest absolute Gasteiger partial charge is 0.329 e. The molecule has 0 spiro atoms. The third kappa shape index (κ3) is 4.44. The van der Waals surface area contributed by atoms with Crippen molar-refractivity contribution in [2.24, 2.45) is 11.8 Å². The van der Waals surface area contributed by atoms with Gasteiger partial charge in [-0.15, -0.1) is 0 Å². The lowest BCUT2D eigenvalue weighted by Crippen LogP contribution is -2.43. The summed E-state index contributed by atoms with van der Waals surface area (Å²) in [5.74, 6) is 0.306. The molecule has 2 saturated carbocycles. The van der Waals surface area contributed by atoms with Crippen molar-refractivity contribution in [1.29, 1.82) is 0 Å². The highest BCUT2D eigenvalue weighted by atomic mass is 16.2. The predicted octanol–water partition coefficient (Wildman–Crippen LogP) is 4.41. The molecular formula is C28H36N2O4. The molecule has 2 aliphatic carbocycles. The molecule has 2 saturated heterocycles. The quantitative estimate of drug-likeness (QED) is 0.625. The summed E-state index contributed by atoms with van der Waals surface area (Å²) in [5, 5.41) is 0. The minimum Gasteiger partial charge on any atom is -0.329 e. The molecule has 2 aliphatic heterocycles. The van der Waals surface area contributed by atoms with Gasteiger partial charge in [-0.3, -0.25) is 19.2 Å². The van der Waals surface area contributed by atoms with Crippen molar-refractivity contribution in [3.8, 4) is 0 Å². The average molecular weight is 465 g/mol. The summed E-state index contributed by atoms with van der Waals surface area (Å²) < 4.78 is 0. The van der Waals surface area contributed by atoms with Crippen LogP contribution in [0.2, 0.25) is 0 Å². The van der Waals surface area contributed by atoms with E-state index in [0.717, 1.165) is 77.0 Å². The molecule has 2 atom stereocenters. The van der Waals surface area contributed by atoms with Gasteiger partial charge < -0.3 is 9.80 Å². The van der Waals surface area contributed by atoms with Gasteiger partial charge in [-0.2, -0.15) is 0 Å². The first-order valence-electron chi connectivity index (χ1n) is 13.3. The maximum atomic E-state index is 13.4. The van der Waals surface area contributed by atoms with E-state index in [1.165, 1.54) is 0 Å². The summed E-state index contributed by atoms with van der Waals surface area (Å²) in [6, 6.07) is 6.22. The van der Waals surface area contributed by atoms with Crippen LogP contribution in [0, 0.1) is 11.8 Å². The molecule has 5 rings (SSSR count). The topological polar surface area (TPSA) is 74.8 Å². The molecule has 182 valence electrons. The van der Waals surface area contributed by atoms with Crippen LogP contribution in [0.1, 0.15) is 97.8 Å². The Bertz CT molecular complexity index is 888. The monoisotopic (exact) mass is 464 g/mol. The number of benzene rings is 1. The Balaban J connectivity index is 1.30. The number of ketones is 2. The van der Waals surface area contributed by atoms with Crippen molar-refractivity contribution in [2.75, 3.05) is 13.1 Å². The van der Waals surface area contributed by atoms with Gasteiger partial charge in [0.15, 0.2) is 11.6 Å². The van der Waals surface area contributed by atoms with Crippen LogP contribution in [0.3, 0.4) is 0 Å². The third-order valence-electron chi connectivity index (χ3n) is 8.56. The van der Waals surface area contributed by atoms with Crippen molar-refractivity contribution < 1.29 is 19.2 Å². The van der Waals surface area contributed by atoms with Crippen molar-refractivity contribution in [1.82, 2.24) is 9.80 Å². The van der Waals surface area contributed by atoms with E-state index in [-0.39, 0.29) is 47.3 Å². The average Bonchev–Trinajstić information content (AvgIpc) is 3.68. The molecule has 0 aromatic heterocycles. The van der Waals surface area contributed by atoms with E-state index in [4.69, 9.17) is 0 Å². The molecule has 0 unspecified atom stereocenters. The Kier molecular flexibility index (Phi) is 6.84. The van der Waals surface area contributed by atoms with Gasteiger partial charge in [-0.05, 0) is 69.6 Å². The minimum atomic E-state index is -0.332. The number of rotatable bonds is 6. The zero-order valence-electron chi connectivity index (χ0n) is 20.0. The summed E-state index contributed by atoms with van der Waals surface area (Å²) in [6.45, 7) is 1.18. The molecular weight excluding hydrogens is 428 g/mol. The van der Waals surface area contributed by atoms with Crippen molar-refractivity contribution in [3.63, 3.8) is 0 Å². The highest BCUT2D eigenvalue weighted by Gasteiger charge is 2.40. The lowest BCUT2D eigenvalue weighted by atomic mass is 9.94. The number of hydrogen-bond donors (Lipinski definition) is 0. The predicted molar refractivity (Wildman–Crippen MR) is 128 cm³/mol. The van der Waals surface area contributed by atoms with Crippen LogP contribution in [0.15, 0.2) is 24.3 Å². The number of nitrogens with zero attached hydrogens (tertiary/aromatic N) is 2. The SMILES string of the molecule is O=C(C1CCCC1)[C@H]1CCCN1C(=O)c1cccc(C(=O)N2CCC[C@H]2C(=O)C2CCCC2)c1. The lowest BCUT2D eigenvalue weighted by molar-refractivity contribution is -0.127. The minimum absolute atomic E-state index is 0.0933. The molecule has 1 aromatic carbocycles. The normalized spacial score (nSPS) is 25.9. The van der Waals surface area contributed by atoms with E-state index < -0.39 is 0 Å². The fourth-order valence-corrected chi connectivity index (χ4v) is 6.69. The first-order chi connectivity index (χ1) is 16.5. The molecule has 0 radical (unpaired) electrons. The molecule has 34 heavy (non-hydrogen) atoms. The van der Waals surface area contributed by atoms with Gasteiger partial charge >= 0.3 is 0 Å². The lowest BCUT2D eigenvalue weighted by Gasteiger charge is -2.27. The van der Waals surface area contributed by atoms with Crippen LogP contribution in [0.25, 0.3) is 0 Å². The zero-order valence-corrected chi connectivity index (χ0v) is 20.0. The molecule has 6 heteroatoms. The zero-order chi connectivity index (χ0) is 23.7. The van der Waals surface area contributed by atoms with Gasteiger partial charge in [0.2, 0.25) is 0 Å². The fourth-order valence-electron chi connectivity index (χ4n) is 6.69. The van der Waals surface area contributed by atoms with Crippen molar-refractivity contribution in [3.05, 3.63) is 35.4 Å². The van der Waals surface area contributed by atoms with Gasteiger partial charge in [0.1, 0.15) is 0 Å². The standard InChI is InChI=1S/C28H36N2O4/c31-25(19-8-1-2-9-19)23-14-6-16-29(23)27(33)21-12-5-13-22(18-21)28(34)30-17-7-15-24(30)26(32)20-10-3-4-11-20/h5,12-13,18-20,23-24H,1-4,6-11,14-17H2/t23-,24+. The maximum Gasteiger partial charge on any atom is 0.254 e. The van der Waals surface area contributed by atoms with Crippen LogP contribution in [-0.4, -0.2) is 58.4 Å². The third-order valence-corrected chi connectivity index (χ3v) is 8.56. The Morgan fingerprint density at radius 1 is 0.588 bits per heavy atom. The van der Waals surface area contributed by atoms with Crippen molar-refractivity contribution in [2.45, 2.75) is 89.1 Å². The van der Waals surface area contributed by atoms with E-state index in [0.29, 0.717) is 24.2 Å². The van der Waals surface area contributed by atoms with Crippen LogP contribution >= 0.6 is 0 Å². The van der Waals surface area contributed by atoms with Crippen LogP contribution in [0.5, 0.6) is 0 Å². The first kappa shape index (κ1) is 23.3. The number of amides is 2. The molecule has 0 N–H and O–H groups in total. The number of Topliss-reactive ketones (excluding diaryl/α,β-unsaturated/α-hetero) is 2. The van der Waals surface area contributed by atoms with Gasteiger partial charge in [0.05, 0.1) is 12.1 Å². The fraction of sp³-hybridized carbons (Fsp3) is 0.643. The van der Waals surface area contributed by atoms with E-state index in [9.17, 15) is 19.2 Å². The molecule has 1 aromatic rings. The summed E-state index contributed by atoms with van der Waals surface area (Å²) in [4.78, 5) is 56.4. The number of hydrogen-bond acceptors (Lipinski definition) is 4. The van der Waals surface area contributed by atoms with Crippen LogP contribution in [-0.2, 0) is 9.59 Å². The van der Waals surface area contributed by atoms with Gasteiger partial charge in [0.25, 0.3) is 11.8 Å². The molecule has 4 fully saturated rings. The molecule has 2 amide bonds. The van der Waals surface area contributed by atoms with E-state index >= 15 is 0 Å². The maximum absolute atomic E-state index is 13.4.